The number of unbranched alkanes of at least 4 members (excludes halogenated alkanes) is 13. The van der Waals surface area contributed by atoms with E-state index in [1.165, 1.54) is 64.2 Å². The van der Waals surface area contributed by atoms with Crippen LogP contribution in [0.5, 0.6) is 0 Å². The summed E-state index contributed by atoms with van der Waals surface area (Å²) in [6.45, 7) is 2.39. The van der Waals surface area contributed by atoms with E-state index in [4.69, 9.17) is 18.9 Å². The molecule has 0 spiro atoms. The van der Waals surface area contributed by atoms with Gasteiger partial charge in [-0.3, -0.25) is 0 Å². The summed E-state index contributed by atoms with van der Waals surface area (Å²) in [7, 11) is 0. The average molecular weight is 595 g/mol. The van der Waals surface area contributed by atoms with Crippen LogP contribution in [-0.2, 0) is 28.5 Å². The molecule has 0 aromatic heterocycles. The summed E-state index contributed by atoms with van der Waals surface area (Å²) < 4.78 is 21.1. The average Bonchev–Trinajstić information content (AvgIpc) is 2.93. The Morgan fingerprint density at radius 2 is 1.00 bits per heavy atom. The SMILES string of the molecule is CCCCCCCCCCCCCCCCO[C@@H]1O[C@H](C(=O)O)[C@H](O[C@@H]2O[C@H](C(=O)O)[C@@H](O)[C@H](O)[C@H]2O)[C@H](O)[C@H]1O. The maximum absolute atomic E-state index is 11.8. The lowest BCUT2D eigenvalue weighted by molar-refractivity contribution is -0.350. The molecule has 41 heavy (non-hydrogen) atoms. The Kier molecular flexibility index (Phi) is 16.6. The molecule has 0 amide bonds. The standard InChI is InChI=1S/C28H50O13/c1-2-3-4-5-6-7-8-9-10-11-12-13-14-15-16-38-27-21(33)19(31)22(24(41-27)26(36)37)39-28-20(32)17(29)18(30)23(40-28)25(34)35/h17-24,27-33H,2-16H2,1H3,(H,34,35)(H,36,37)/t17-,18-,19+,20+,21+,22+,23-,24-,27+,28+/m0/s1. The number of rotatable bonds is 20. The van der Waals surface area contributed by atoms with Gasteiger partial charge < -0.3 is 54.7 Å². The lowest BCUT2D eigenvalue weighted by Crippen LogP contribution is -2.65. The van der Waals surface area contributed by atoms with E-state index < -0.39 is 73.4 Å². The monoisotopic (exact) mass is 594 g/mol. The van der Waals surface area contributed by atoms with Crippen molar-refractivity contribution in [2.45, 2.75) is 158 Å². The quantitative estimate of drug-likeness (QED) is 0.0991. The molecule has 0 unspecified atom stereocenters. The lowest BCUT2D eigenvalue weighted by atomic mass is 9.96. The summed E-state index contributed by atoms with van der Waals surface area (Å²) in [6.07, 6.45) is -2.10. The molecule has 2 rings (SSSR count). The molecule has 13 nitrogen and oxygen atoms in total. The van der Waals surface area contributed by atoms with Crippen molar-refractivity contribution in [3.8, 4) is 0 Å². The lowest BCUT2D eigenvalue weighted by Gasteiger charge is -2.44. The molecule has 2 aliphatic rings. The molecular weight excluding hydrogens is 544 g/mol. The van der Waals surface area contributed by atoms with Crippen LogP contribution in [-0.4, -0.2) is 116 Å². The number of hydrogen-bond donors (Lipinski definition) is 7. The molecule has 2 saturated heterocycles. The van der Waals surface area contributed by atoms with Gasteiger partial charge in [0.25, 0.3) is 0 Å². The van der Waals surface area contributed by atoms with Gasteiger partial charge in [-0.1, -0.05) is 90.4 Å². The maximum Gasteiger partial charge on any atom is 0.335 e. The Balaban J connectivity index is 1.70. The van der Waals surface area contributed by atoms with Gasteiger partial charge in [0, 0.05) is 6.61 Å². The first-order valence-electron chi connectivity index (χ1n) is 15.0. The zero-order valence-electron chi connectivity index (χ0n) is 24.0. The fourth-order valence-electron chi connectivity index (χ4n) is 5.14. The van der Waals surface area contributed by atoms with Crippen LogP contribution in [0.3, 0.4) is 0 Å². The van der Waals surface area contributed by atoms with Crippen molar-refractivity contribution in [1.29, 1.82) is 0 Å². The molecule has 0 bridgehead atoms. The van der Waals surface area contributed by atoms with E-state index >= 15 is 0 Å². The van der Waals surface area contributed by atoms with Crippen molar-refractivity contribution < 1.29 is 64.3 Å². The Morgan fingerprint density at radius 3 is 1.49 bits per heavy atom. The second-order valence-electron chi connectivity index (χ2n) is 11.0. The number of ether oxygens (including phenoxy) is 4. The van der Waals surface area contributed by atoms with Crippen molar-refractivity contribution in [2.75, 3.05) is 6.61 Å². The highest BCUT2D eigenvalue weighted by molar-refractivity contribution is 5.74. The molecule has 0 aromatic carbocycles. The summed E-state index contributed by atoms with van der Waals surface area (Å²) in [5.41, 5.74) is 0. The highest BCUT2D eigenvalue weighted by Crippen LogP contribution is 2.30. The minimum atomic E-state index is -1.99. The predicted octanol–water partition coefficient (Wildman–Crippen LogP) is 1.29. The van der Waals surface area contributed by atoms with Gasteiger partial charge in [-0.25, -0.2) is 9.59 Å². The summed E-state index contributed by atoms with van der Waals surface area (Å²) in [4.78, 5) is 23.2. The zero-order valence-corrected chi connectivity index (χ0v) is 24.0. The summed E-state index contributed by atoms with van der Waals surface area (Å²) in [5.74, 6) is -3.24. The minimum Gasteiger partial charge on any atom is -0.479 e. The van der Waals surface area contributed by atoms with Gasteiger partial charge in [0.2, 0.25) is 0 Å². The zero-order chi connectivity index (χ0) is 30.4. The van der Waals surface area contributed by atoms with Crippen molar-refractivity contribution >= 4 is 11.9 Å². The van der Waals surface area contributed by atoms with Crippen molar-refractivity contribution in [1.82, 2.24) is 0 Å². The fourth-order valence-corrected chi connectivity index (χ4v) is 5.14. The van der Waals surface area contributed by atoms with Crippen LogP contribution in [0.25, 0.3) is 0 Å². The molecule has 240 valence electrons. The Labute approximate surface area is 241 Å². The molecule has 7 N–H and O–H groups in total. The van der Waals surface area contributed by atoms with Crippen molar-refractivity contribution in [3.05, 3.63) is 0 Å². The number of hydrogen-bond acceptors (Lipinski definition) is 11. The van der Waals surface area contributed by atoms with Gasteiger partial charge in [0.1, 0.15) is 36.6 Å². The number of carboxylic acid groups (broad SMARTS) is 2. The summed E-state index contributed by atoms with van der Waals surface area (Å²) in [6, 6.07) is 0. The normalized spacial score (nSPS) is 34.0. The largest absolute Gasteiger partial charge is 0.479 e. The van der Waals surface area contributed by atoms with Gasteiger partial charge >= 0.3 is 11.9 Å². The van der Waals surface area contributed by atoms with Crippen LogP contribution in [0.4, 0.5) is 0 Å². The van der Waals surface area contributed by atoms with E-state index in [9.17, 15) is 45.3 Å². The van der Waals surface area contributed by atoms with Gasteiger partial charge in [-0.15, -0.1) is 0 Å². The van der Waals surface area contributed by atoms with E-state index in [0.29, 0.717) is 6.42 Å². The summed E-state index contributed by atoms with van der Waals surface area (Å²) >= 11 is 0. The van der Waals surface area contributed by atoms with E-state index in [-0.39, 0.29) is 6.61 Å². The first-order valence-corrected chi connectivity index (χ1v) is 15.0. The van der Waals surface area contributed by atoms with E-state index in [1.54, 1.807) is 0 Å². The van der Waals surface area contributed by atoms with Gasteiger partial charge in [-0.2, -0.15) is 0 Å². The Morgan fingerprint density at radius 1 is 0.561 bits per heavy atom. The molecule has 2 aliphatic heterocycles. The predicted molar refractivity (Wildman–Crippen MR) is 144 cm³/mol. The number of aliphatic carboxylic acids is 2. The maximum atomic E-state index is 11.8. The van der Waals surface area contributed by atoms with Gasteiger partial charge in [0.05, 0.1) is 0 Å². The molecule has 0 radical (unpaired) electrons. The third kappa shape index (κ3) is 11.3. The molecule has 0 aromatic rings. The first kappa shape index (κ1) is 35.8. The van der Waals surface area contributed by atoms with E-state index in [1.807, 2.05) is 0 Å². The molecular formula is C28H50O13. The number of aliphatic hydroxyl groups is 5. The van der Waals surface area contributed by atoms with Crippen LogP contribution >= 0.6 is 0 Å². The third-order valence-electron chi connectivity index (χ3n) is 7.67. The Hall–Kier alpha value is -1.42. The molecule has 0 saturated carbocycles. The fraction of sp³-hybridized carbons (Fsp3) is 0.929. The topological polar surface area (TPSA) is 213 Å². The van der Waals surface area contributed by atoms with E-state index in [2.05, 4.69) is 6.92 Å². The second-order valence-corrected chi connectivity index (χ2v) is 11.0. The van der Waals surface area contributed by atoms with Gasteiger partial charge in [-0.05, 0) is 6.42 Å². The van der Waals surface area contributed by atoms with Crippen LogP contribution in [0.15, 0.2) is 0 Å². The highest BCUT2D eigenvalue weighted by atomic mass is 16.7. The van der Waals surface area contributed by atoms with Gasteiger partial charge in [0.15, 0.2) is 24.8 Å². The van der Waals surface area contributed by atoms with Crippen molar-refractivity contribution in [2.24, 2.45) is 0 Å². The van der Waals surface area contributed by atoms with Crippen LogP contribution in [0.1, 0.15) is 96.8 Å². The van der Waals surface area contributed by atoms with E-state index in [0.717, 1.165) is 19.3 Å². The molecule has 10 atom stereocenters. The van der Waals surface area contributed by atoms with Crippen molar-refractivity contribution in [3.63, 3.8) is 0 Å². The number of aliphatic hydroxyl groups excluding tert-OH is 5. The molecule has 13 heteroatoms. The number of carboxylic acids is 2. The van der Waals surface area contributed by atoms with Crippen LogP contribution < -0.4 is 0 Å². The second kappa shape index (κ2) is 19.0. The third-order valence-corrected chi connectivity index (χ3v) is 7.67. The minimum absolute atomic E-state index is 0.166. The smallest absolute Gasteiger partial charge is 0.335 e. The molecule has 2 fully saturated rings. The van der Waals surface area contributed by atoms with Crippen LogP contribution in [0, 0.1) is 0 Å². The highest BCUT2D eigenvalue weighted by Gasteiger charge is 2.53. The molecule has 2 heterocycles. The Bertz CT molecular complexity index is 752. The number of carbonyl (C=O) groups is 2. The molecule has 0 aliphatic carbocycles. The first-order chi connectivity index (χ1) is 19.6. The van der Waals surface area contributed by atoms with Crippen LogP contribution in [0.2, 0.25) is 0 Å². The summed E-state index contributed by atoms with van der Waals surface area (Å²) in [5, 5.41) is 69.8.